The van der Waals surface area contributed by atoms with Gasteiger partial charge in [-0.15, -0.1) is 0 Å². The molecule has 5 heteroatoms. The first-order valence-electron chi connectivity index (χ1n) is 8.76. The maximum Gasteiger partial charge on any atom is 0.235 e. The Balaban J connectivity index is 1.57. The number of aryl methyl sites for hydroxylation is 1. The van der Waals surface area contributed by atoms with Gasteiger partial charge in [-0.05, 0) is 38.4 Å². The monoisotopic (exact) mass is 334 g/mol. The van der Waals surface area contributed by atoms with Gasteiger partial charge < -0.3 is 10.2 Å². The molecule has 0 unspecified atom stereocenters. The molecule has 2 aromatic rings. The molecule has 1 aromatic carbocycles. The van der Waals surface area contributed by atoms with Crippen molar-refractivity contribution in [1.29, 1.82) is 0 Å². The second-order valence-electron chi connectivity index (χ2n) is 6.59. The van der Waals surface area contributed by atoms with E-state index in [-0.39, 0.29) is 11.8 Å². The molecule has 128 valence electrons. The Morgan fingerprint density at radius 1 is 1.20 bits per heavy atom. The number of aromatic nitrogens is 1. The number of amides is 1. The summed E-state index contributed by atoms with van der Waals surface area (Å²) in [5, 5.41) is 4.40. The molecule has 25 heavy (non-hydrogen) atoms. The van der Waals surface area contributed by atoms with Gasteiger partial charge in [0.2, 0.25) is 5.91 Å². The number of piperidine rings is 1. The Labute approximate surface area is 147 Å². The minimum Gasteiger partial charge on any atom is -0.320 e. The van der Waals surface area contributed by atoms with E-state index in [9.17, 15) is 4.79 Å². The van der Waals surface area contributed by atoms with Crippen LogP contribution in [0.25, 0.3) is 10.9 Å². The first-order valence-corrected chi connectivity index (χ1v) is 8.76. The highest BCUT2D eigenvalue weighted by Crippen LogP contribution is 2.28. The van der Waals surface area contributed by atoms with Crippen LogP contribution in [0.2, 0.25) is 0 Å². The second-order valence-corrected chi connectivity index (χ2v) is 6.59. The van der Waals surface area contributed by atoms with Crippen LogP contribution in [-0.2, 0) is 4.79 Å². The molecule has 3 heterocycles. The van der Waals surface area contributed by atoms with Gasteiger partial charge >= 0.3 is 0 Å². The van der Waals surface area contributed by atoms with Gasteiger partial charge in [-0.1, -0.05) is 18.2 Å². The number of hydrogen-bond donors (Lipinski definition) is 1. The van der Waals surface area contributed by atoms with Gasteiger partial charge in [-0.25, -0.2) is 0 Å². The fourth-order valence-corrected chi connectivity index (χ4v) is 3.47. The molecule has 4 rings (SSSR count). The Morgan fingerprint density at radius 3 is 2.76 bits per heavy atom. The van der Waals surface area contributed by atoms with E-state index in [0.717, 1.165) is 48.2 Å². The van der Waals surface area contributed by atoms with Crippen molar-refractivity contribution in [2.75, 3.05) is 18.0 Å². The molecule has 0 spiro atoms. The molecule has 1 N–H and O–H groups in total. The van der Waals surface area contributed by atoms with Gasteiger partial charge in [0.05, 0.1) is 17.1 Å². The average molecular weight is 334 g/mol. The quantitative estimate of drug-likeness (QED) is 0.917. The van der Waals surface area contributed by atoms with E-state index in [1.807, 2.05) is 54.8 Å². The first kappa shape index (κ1) is 15.8. The Kier molecular flexibility index (Phi) is 4.24. The van der Waals surface area contributed by atoms with Crippen LogP contribution in [0.3, 0.4) is 0 Å². The Bertz CT molecular complexity index is 838. The highest BCUT2D eigenvalue weighted by Gasteiger charge is 2.25. The highest BCUT2D eigenvalue weighted by atomic mass is 16.2. The van der Waals surface area contributed by atoms with E-state index >= 15 is 0 Å². The number of nitrogens with zero attached hydrogens (tertiary/aromatic N) is 3. The molecule has 1 fully saturated rings. The fraction of sp³-hybridized carbons (Fsp3) is 0.300. The average Bonchev–Trinajstić information content (AvgIpc) is 2.67. The zero-order valence-electron chi connectivity index (χ0n) is 14.4. The third kappa shape index (κ3) is 3.15. The zero-order valence-corrected chi connectivity index (χ0v) is 14.4. The number of nitrogens with one attached hydrogen (secondary N) is 1. The molecule has 0 radical (unpaired) electrons. The molecule has 0 bridgehead atoms. The van der Waals surface area contributed by atoms with Crippen LogP contribution in [0.15, 0.2) is 55.1 Å². The van der Waals surface area contributed by atoms with Gasteiger partial charge in [-0.2, -0.15) is 0 Å². The summed E-state index contributed by atoms with van der Waals surface area (Å²) in [6.45, 7) is 3.78. The summed E-state index contributed by atoms with van der Waals surface area (Å²) >= 11 is 0. The van der Waals surface area contributed by atoms with Gasteiger partial charge in [0, 0.05) is 42.4 Å². The Morgan fingerprint density at radius 2 is 2.00 bits per heavy atom. The lowest BCUT2D eigenvalue weighted by atomic mass is 9.98. The topological polar surface area (TPSA) is 48.5 Å². The maximum absolute atomic E-state index is 12.6. The molecule has 1 amide bonds. The predicted octanol–water partition coefficient (Wildman–Crippen LogP) is 3.13. The summed E-state index contributed by atoms with van der Waals surface area (Å²) in [5.74, 6) is 0.230. The normalized spacial score (nSPS) is 20.3. The molecule has 5 nitrogen and oxygen atoms in total. The van der Waals surface area contributed by atoms with Gasteiger partial charge in [0.15, 0.2) is 0 Å². The van der Waals surface area contributed by atoms with Crippen LogP contribution in [0.5, 0.6) is 0 Å². The van der Waals surface area contributed by atoms with E-state index in [1.165, 1.54) is 0 Å². The lowest BCUT2D eigenvalue weighted by molar-refractivity contribution is -0.131. The van der Waals surface area contributed by atoms with Crippen molar-refractivity contribution < 1.29 is 4.79 Å². The number of para-hydroxylation sites is 1. The number of carbonyl (C=O) groups is 1. The summed E-state index contributed by atoms with van der Waals surface area (Å²) in [5.41, 5.74) is 3.02. The highest BCUT2D eigenvalue weighted by molar-refractivity contribution is 5.93. The third-order valence-electron chi connectivity index (χ3n) is 4.78. The van der Waals surface area contributed by atoms with Crippen LogP contribution in [0.4, 0.5) is 5.69 Å². The minimum atomic E-state index is 0.0681. The van der Waals surface area contributed by atoms with E-state index < -0.39 is 0 Å². The van der Waals surface area contributed by atoms with E-state index in [0.29, 0.717) is 0 Å². The largest absolute Gasteiger partial charge is 0.320 e. The van der Waals surface area contributed by atoms with Crippen molar-refractivity contribution >= 4 is 22.5 Å². The zero-order chi connectivity index (χ0) is 17.2. The summed E-state index contributed by atoms with van der Waals surface area (Å²) in [7, 11) is 0. The number of carbonyl (C=O) groups excluding carboxylic acids is 1. The number of pyridine rings is 1. The van der Waals surface area contributed by atoms with E-state index in [1.54, 1.807) is 4.90 Å². The summed E-state index contributed by atoms with van der Waals surface area (Å²) in [6, 6.07) is 10.2. The number of fused-ring (bicyclic) bond motifs is 1. The molecule has 2 aliphatic heterocycles. The third-order valence-corrected chi connectivity index (χ3v) is 4.78. The second kappa shape index (κ2) is 6.69. The van der Waals surface area contributed by atoms with Gasteiger partial charge in [0.25, 0.3) is 0 Å². The fourth-order valence-electron chi connectivity index (χ4n) is 3.47. The van der Waals surface area contributed by atoms with Crippen LogP contribution in [0.1, 0.15) is 18.5 Å². The number of anilines is 1. The number of benzene rings is 1. The van der Waals surface area contributed by atoms with Gasteiger partial charge in [0.1, 0.15) is 0 Å². The Hall–Kier alpha value is -2.66. The minimum absolute atomic E-state index is 0.0681. The van der Waals surface area contributed by atoms with Crippen LogP contribution in [0, 0.1) is 12.8 Å². The SMILES string of the molecule is Cc1cc(N2C=CN(C(=O)[C@@H]3CCCNC3)C=C2)c2ccccc2n1. The lowest BCUT2D eigenvalue weighted by Gasteiger charge is -2.29. The van der Waals surface area contributed by atoms with Crippen molar-refractivity contribution in [3.8, 4) is 0 Å². The summed E-state index contributed by atoms with van der Waals surface area (Å²) < 4.78 is 0. The summed E-state index contributed by atoms with van der Waals surface area (Å²) in [6.07, 6.45) is 9.60. The van der Waals surface area contributed by atoms with Crippen molar-refractivity contribution in [3.63, 3.8) is 0 Å². The van der Waals surface area contributed by atoms with E-state index in [4.69, 9.17) is 0 Å². The molecule has 0 saturated carbocycles. The predicted molar refractivity (Wildman–Crippen MR) is 99.7 cm³/mol. The molecular weight excluding hydrogens is 312 g/mol. The van der Waals surface area contributed by atoms with Crippen LogP contribution < -0.4 is 10.2 Å². The van der Waals surface area contributed by atoms with E-state index in [2.05, 4.69) is 22.4 Å². The molecular formula is C20H22N4O. The molecule has 2 aliphatic rings. The molecule has 1 atom stereocenters. The van der Waals surface area contributed by atoms with Crippen LogP contribution >= 0.6 is 0 Å². The van der Waals surface area contributed by atoms with Crippen molar-refractivity contribution in [2.45, 2.75) is 19.8 Å². The van der Waals surface area contributed by atoms with Crippen LogP contribution in [-0.4, -0.2) is 28.9 Å². The maximum atomic E-state index is 12.6. The van der Waals surface area contributed by atoms with Crippen molar-refractivity contribution in [3.05, 3.63) is 60.8 Å². The number of hydrogen-bond acceptors (Lipinski definition) is 4. The van der Waals surface area contributed by atoms with Crippen molar-refractivity contribution in [2.24, 2.45) is 5.92 Å². The molecule has 1 saturated heterocycles. The lowest BCUT2D eigenvalue weighted by Crippen LogP contribution is -2.40. The molecule has 0 aliphatic carbocycles. The van der Waals surface area contributed by atoms with Crippen molar-refractivity contribution in [1.82, 2.24) is 15.2 Å². The first-order chi connectivity index (χ1) is 12.2. The smallest absolute Gasteiger partial charge is 0.235 e. The summed E-state index contributed by atoms with van der Waals surface area (Å²) in [4.78, 5) is 20.9. The standard InChI is InChI=1S/C20H22N4O/c1-15-13-19(17-6-2-3-7-18(17)22-15)23-9-11-24(12-10-23)20(25)16-5-4-8-21-14-16/h2-3,6-7,9-13,16,21H,4-5,8,14H2,1H3/t16-/m1/s1. The number of rotatable bonds is 2. The molecule has 1 aromatic heterocycles. The van der Waals surface area contributed by atoms with Gasteiger partial charge in [-0.3, -0.25) is 14.7 Å².